The molecule has 0 saturated carbocycles. The zero-order chi connectivity index (χ0) is 23.0. The van der Waals surface area contributed by atoms with Gasteiger partial charge in [-0.05, 0) is 38.5 Å². The van der Waals surface area contributed by atoms with Crippen LogP contribution in [0.5, 0.6) is 0 Å². The molecule has 31 heavy (non-hydrogen) atoms. The summed E-state index contributed by atoms with van der Waals surface area (Å²) in [5, 5.41) is 0. The average Bonchev–Trinajstić information content (AvgIpc) is 2.74. The van der Waals surface area contributed by atoms with Gasteiger partial charge in [0.05, 0.1) is 19.8 Å². The molecular formula is C24H47O6P. The fourth-order valence-electron chi connectivity index (χ4n) is 3.08. The maximum absolute atomic E-state index is 11.7. The quantitative estimate of drug-likeness (QED) is 0.0732. The minimum Gasteiger partial charge on any atom is -0.466 e. The van der Waals surface area contributed by atoms with Gasteiger partial charge in [-0.2, -0.15) is 0 Å². The van der Waals surface area contributed by atoms with Crippen LogP contribution in [0, 0.1) is 0 Å². The van der Waals surface area contributed by atoms with Crippen molar-refractivity contribution in [1.29, 1.82) is 0 Å². The number of ether oxygens (including phenoxy) is 1. The first-order valence-corrected chi connectivity index (χ1v) is 13.9. The van der Waals surface area contributed by atoms with Gasteiger partial charge in [0.25, 0.3) is 0 Å². The van der Waals surface area contributed by atoms with Gasteiger partial charge in [-0.1, -0.05) is 77.4 Å². The second-order valence-electron chi connectivity index (χ2n) is 8.04. The van der Waals surface area contributed by atoms with Crippen molar-refractivity contribution < 1.29 is 28.0 Å². The van der Waals surface area contributed by atoms with Gasteiger partial charge < -0.3 is 9.63 Å². The van der Waals surface area contributed by atoms with E-state index in [1.54, 1.807) is 0 Å². The molecule has 0 aliphatic carbocycles. The van der Waals surface area contributed by atoms with E-state index in [1.807, 2.05) is 6.92 Å². The van der Waals surface area contributed by atoms with Crippen LogP contribution in [0.1, 0.15) is 117 Å². The number of phosphoric ester groups is 1. The molecule has 0 fully saturated rings. The highest BCUT2D eigenvalue weighted by Gasteiger charge is 2.19. The molecule has 7 heteroatoms. The minimum absolute atomic E-state index is 0.0260. The third-order valence-corrected chi connectivity index (χ3v) is 5.93. The van der Waals surface area contributed by atoms with Crippen molar-refractivity contribution in [3.8, 4) is 0 Å². The smallest absolute Gasteiger partial charge is 0.466 e. The summed E-state index contributed by atoms with van der Waals surface area (Å²) in [5.74, 6) is -0.216. The SMILES string of the molecule is CCCCCCCC/C=C\CCCCCCCC(=O)OCCCOP(=O)(O)OCCC. The lowest BCUT2D eigenvalue weighted by Gasteiger charge is -2.11. The molecule has 0 aliphatic heterocycles. The van der Waals surface area contributed by atoms with E-state index in [2.05, 4.69) is 19.1 Å². The molecule has 0 heterocycles. The molecule has 0 radical (unpaired) electrons. The zero-order valence-corrected chi connectivity index (χ0v) is 20.9. The monoisotopic (exact) mass is 462 g/mol. The van der Waals surface area contributed by atoms with Crippen LogP contribution in [-0.4, -0.2) is 30.7 Å². The van der Waals surface area contributed by atoms with Gasteiger partial charge in [-0.25, -0.2) is 4.57 Å². The van der Waals surface area contributed by atoms with Gasteiger partial charge in [0.1, 0.15) is 0 Å². The topological polar surface area (TPSA) is 82.1 Å². The lowest BCUT2D eigenvalue weighted by molar-refractivity contribution is -0.144. The summed E-state index contributed by atoms with van der Waals surface area (Å²) in [7, 11) is -3.96. The first-order valence-electron chi connectivity index (χ1n) is 12.4. The van der Waals surface area contributed by atoms with E-state index < -0.39 is 7.82 Å². The van der Waals surface area contributed by atoms with Crippen LogP contribution < -0.4 is 0 Å². The Balaban J connectivity index is 3.36. The number of esters is 1. The fraction of sp³-hybridized carbons (Fsp3) is 0.875. The molecule has 0 saturated heterocycles. The van der Waals surface area contributed by atoms with Crippen molar-refractivity contribution in [2.45, 2.75) is 117 Å². The number of rotatable bonds is 23. The molecule has 6 nitrogen and oxygen atoms in total. The van der Waals surface area contributed by atoms with E-state index in [9.17, 15) is 14.3 Å². The van der Waals surface area contributed by atoms with Crippen molar-refractivity contribution in [2.24, 2.45) is 0 Å². The number of unbranched alkanes of at least 4 members (excludes halogenated alkanes) is 11. The number of hydrogen-bond donors (Lipinski definition) is 1. The summed E-state index contributed by atoms with van der Waals surface area (Å²) in [6.07, 6.45) is 22.1. The van der Waals surface area contributed by atoms with E-state index in [0.717, 1.165) is 25.7 Å². The Bertz CT molecular complexity index is 481. The van der Waals surface area contributed by atoms with Crippen molar-refractivity contribution >= 4 is 13.8 Å². The Morgan fingerprint density at radius 2 is 1.26 bits per heavy atom. The number of allylic oxidation sites excluding steroid dienone is 2. The Labute approximate surface area is 190 Å². The van der Waals surface area contributed by atoms with E-state index in [-0.39, 0.29) is 25.8 Å². The fourth-order valence-corrected chi connectivity index (χ4v) is 3.93. The number of hydrogen-bond acceptors (Lipinski definition) is 5. The highest BCUT2D eigenvalue weighted by atomic mass is 31.2. The highest BCUT2D eigenvalue weighted by Crippen LogP contribution is 2.43. The van der Waals surface area contributed by atoms with Gasteiger partial charge in [0, 0.05) is 12.8 Å². The molecular weight excluding hydrogens is 415 g/mol. The molecule has 0 rings (SSSR count). The first-order chi connectivity index (χ1) is 15.0. The van der Waals surface area contributed by atoms with E-state index in [0.29, 0.717) is 19.3 Å². The Morgan fingerprint density at radius 3 is 1.87 bits per heavy atom. The summed E-state index contributed by atoms with van der Waals surface area (Å²) >= 11 is 0. The number of carbonyl (C=O) groups is 1. The Morgan fingerprint density at radius 1 is 0.710 bits per heavy atom. The second kappa shape index (κ2) is 22.5. The summed E-state index contributed by atoms with van der Waals surface area (Å²) in [4.78, 5) is 21.0. The first kappa shape index (κ1) is 30.3. The average molecular weight is 463 g/mol. The third kappa shape index (κ3) is 23.8. The molecule has 1 atom stereocenters. The molecule has 1 N–H and O–H groups in total. The standard InChI is InChI=1S/C24H47O6P/c1-3-5-6-7-8-9-10-11-12-13-14-15-16-17-18-20-24(25)28-22-19-23-30-31(26,27)29-21-4-2/h11-12H,3-10,13-23H2,1-2H3,(H,26,27)/b12-11-. The van der Waals surface area contributed by atoms with Crippen LogP contribution in [0.25, 0.3) is 0 Å². The van der Waals surface area contributed by atoms with Gasteiger partial charge >= 0.3 is 13.8 Å². The van der Waals surface area contributed by atoms with Gasteiger partial charge in [0.15, 0.2) is 0 Å². The third-order valence-electron chi connectivity index (χ3n) is 4.91. The molecule has 0 aromatic rings. The van der Waals surface area contributed by atoms with Crippen molar-refractivity contribution in [1.82, 2.24) is 0 Å². The van der Waals surface area contributed by atoms with E-state index in [4.69, 9.17) is 13.8 Å². The molecule has 0 spiro atoms. The minimum atomic E-state index is -3.96. The van der Waals surface area contributed by atoms with Crippen LogP contribution in [-0.2, 0) is 23.1 Å². The summed E-state index contributed by atoms with van der Waals surface area (Å²) in [5.41, 5.74) is 0. The lowest BCUT2D eigenvalue weighted by Crippen LogP contribution is -2.08. The van der Waals surface area contributed by atoms with Crippen LogP contribution in [0.15, 0.2) is 12.2 Å². The largest absolute Gasteiger partial charge is 0.472 e. The predicted molar refractivity (Wildman–Crippen MR) is 127 cm³/mol. The Hall–Kier alpha value is -0.680. The molecule has 0 amide bonds. The lowest BCUT2D eigenvalue weighted by atomic mass is 10.1. The Kier molecular flexibility index (Phi) is 22.0. The van der Waals surface area contributed by atoms with E-state index in [1.165, 1.54) is 57.8 Å². The molecule has 1 unspecified atom stereocenters. The van der Waals surface area contributed by atoms with E-state index >= 15 is 0 Å². The number of carbonyl (C=O) groups excluding carboxylic acids is 1. The highest BCUT2D eigenvalue weighted by molar-refractivity contribution is 7.47. The van der Waals surface area contributed by atoms with Crippen LogP contribution in [0.4, 0.5) is 0 Å². The molecule has 0 aromatic carbocycles. The van der Waals surface area contributed by atoms with Gasteiger partial charge in [-0.3, -0.25) is 13.8 Å². The van der Waals surface area contributed by atoms with Crippen molar-refractivity contribution in [2.75, 3.05) is 19.8 Å². The van der Waals surface area contributed by atoms with Crippen LogP contribution in [0.3, 0.4) is 0 Å². The van der Waals surface area contributed by atoms with Gasteiger partial charge in [-0.15, -0.1) is 0 Å². The maximum atomic E-state index is 11.7. The van der Waals surface area contributed by atoms with Crippen LogP contribution in [0.2, 0.25) is 0 Å². The summed E-state index contributed by atoms with van der Waals surface area (Å²) in [6.45, 7) is 4.49. The molecule has 184 valence electrons. The second-order valence-corrected chi connectivity index (χ2v) is 9.50. The normalized spacial score (nSPS) is 13.5. The summed E-state index contributed by atoms with van der Waals surface area (Å²) in [6, 6.07) is 0. The van der Waals surface area contributed by atoms with Crippen molar-refractivity contribution in [3.05, 3.63) is 12.2 Å². The number of phosphoric acid groups is 1. The van der Waals surface area contributed by atoms with Crippen molar-refractivity contribution in [3.63, 3.8) is 0 Å². The summed E-state index contributed by atoms with van der Waals surface area (Å²) < 4.78 is 26.1. The zero-order valence-electron chi connectivity index (χ0n) is 20.0. The van der Waals surface area contributed by atoms with Gasteiger partial charge in [0.2, 0.25) is 0 Å². The predicted octanol–water partition coefficient (Wildman–Crippen LogP) is 7.50. The molecule has 0 bridgehead atoms. The van der Waals surface area contributed by atoms with Crippen LogP contribution >= 0.6 is 7.82 Å². The maximum Gasteiger partial charge on any atom is 0.472 e. The molecule has 0 aliphatic rings. The molecule has 0 aromatic heterocycles.